The molecule has 0 unspecified atom stereocenters. The SMILES string of the molecule is Cc1cc(C)cc(S(=O)(=O)c2ccc(CCC(=O)c3ccc4nccn4c3)cc2)c1. The second-order valence-corrected chi connectivity index (χ2v) is 9.45. The van der Waals surface area contributed by atoms with E-state index in [1.165, 1.54) is 0 Å². The molecule has 0 radical (unpaired) electrons. The average Bonchev–Trinajstić information content (AvgIpc) is 3.19. The number of imidazole rings is 1. The van der Waals surface area contributed by atoms with E-state index in [0.29, 0.717) is 23.3 Å². The molecule has 4 rings (SSSR count). The lowest BCUT2D eigenvalue weighted by Crippen LogP contribution is -2.04. The molecule has 152 valence electrons. The van der Waals surface area contributed by atoms with E-state index in [1.807, 2.05) is 30.4 Å². The Morgan fingerprint density at radius 1 is 0.933 bits per heavy atom. The van der Waals surface area contributed by atoms with Gasteiger partial charge in [0.25, 0.3) is 0 Å². The van der Waals surface area contributed by atoms with Crippen LogP contribution >= 0.6 is 0 Å². The maximum atomic E-state index is 12.9. The van der Waals surface area contributed by atoms with Crippen LogP contribution in [0.15, 0.2) is 83.0 Å². The quantitative estimate of drug-likeness (QED) is 0.429. The first kappa shape index (κ1) is 20.0. The molecule has 0 spiro atoms. The highest BCUT2D eigenvalue weighted by Gasteiger charge is 2.18. The normalized spacial score (nSPS) is 11.7. The standard InChI is InChI=1S/C24H22N2O3S/c1-17-13-18(2)15-22(14-17)30(28,29)21-7-3-19(4-8-21)5-9-23(27)20-6-10-24-25-11-12-26(24)16-20/h3-4,6-8,10-16H,5,9H2,1-2H3. The summed E-state index contributed by atoms with van der Waals surface area (Å²) in [7, 11) is -3.57. The molecule has 0 aliphatic carbocycles. The number of carbonyl (C=O) groups excluding carboxylic acids is 1. The van der Waals surface area contributed by atoms with Gasteiger partial charge in [-0.15, -0.1) is 0 Å². The van der Waals surface area contributed by atoms with Gasteiger partial charge in [-0.3, -0.25) is 4.79 Å². The molecule has 0 saturated carbocycles. The van der Waals surface area contributed by atoms with Gasteiger partial charge in [-0.2, -0.15) is 0 Å². The average molecular weight is 419 g/mol. The zero-order valence-electron chi connectivity index (χ0n) is 16.9. The van der Waals surface area contributed by atoms with Crippen molar-refractivity contribution in [3.63, 3.8) is 0 Å². The Kier molecular flexibility index (Phi) is 5.26. The summed E-state index contributed by atoms with van der Waals surface area (Å²) in [5.74, 6) is 0.0394. The minimum absolute atomic E-state index is 0.0394. The highest BCUT2D eigenvalue weighted by molar-refractivity contribution is 7.91. The number of hydrogen-bond donors (Lipinski definition) is 0. The summed E-state index contributed by atoms with van der Waals surface area (Å²) >= 11 is 0. The number of aryl methyl sites for hydroxylation is 3. The van der Waals surface area contributed by atoms with Crippen molar-refractivity contribution in [3.8, 4) is 0 Å². The first-order chi connectivity index (χ1) is 14.3. The molecule has 0 N–H and O–H groups in total. The Morgan fingerprint density at radius 3 is 2.33 bits per heavy atom. The fraction of sp³-hybridized carbons (Fsp3) is 0.167. The van der Waals surface area contributed by atoms with Gasteiger partial charge in [0.1, 0.15) is 5.65 Å². The highest BCUT2D eigenvalue weighted by atomic mass is 32.2. The van der Waals surface area contributed by atoms with Crippen molar-refractivity contribution in [2.45, 2.75) is 36.5 Å². The number of fused-ring (bicyclic) bond motifs is 1. The van der Waals surface area contributed by atoms with Crippen LogP contribution in [0.3, 0.4) is 0 Å². The van der Waals surface area contributed by atoms with Gasteiger partial charge in [-0.05, 0) is 73.4 Å². The van der Waals surface area contributed by atoms with E-state index in [1.54, 1.807) is 61.1 Å². The molecule has 0 amide bonds. The summed E-state index contributed by atoms with van der Waals surface area (Å²) in [6, 6.07) is 15.7. The number of carbonyl (C=O) groups is 1. The fourth-order valence-corrected chi connectivity index (χ4v) is 5.00. The van der Waals surface area contributed by atoms with Crippen LogP contribution in [0.4, 0.5) is 0 Å². The van der Waals surface area contributed by atoms with E-state index in [2.05, 4.69) is 4.98 Å². The summed E-state index contributed by atoms with van der Waals surface area (Å²) in [5, 5.41) is 0. The smallest absolute Gasteiger partial charge is 0.206 e. The molecule has 0 bridgehead atoms. The van der Waals surface area contributed by atoms with E-state index in [-0.39, 0.29) is 10.7 Å². The van der Waals surface area contributed by atoms with E-state index in [9.17, 15) is 13.2 Å². The molecule has 2 heterocycles. The second kappa shape index (κ2) is 7.88. The van der Waals surface area contributed by atoms with Crippen LogP contribution in [0, 0.1) is 13.8 Å². The van der Waals surface area contributed by atoms with Gasteiger partial charge in [0.15, 0.2) is 5.78 Å². The van der Waals surface area contributed by atoms with Crippen LogP contribution in [-0.4, -0.2) is 23.6 Å². The van der Waals surface area contributed by atoms with Crippen LogP contribution in [0.1, 0.15) is 33.5 Å². The number of Topliss-reactive ketones (excluding diaryl/α,β-unsaturated/α-hetero) is 1. The van der Waals surface area contributed by atoms with Crippen LogP contribution in [0.5, 0.6) is 0 Å². The minimum Gasteiger partial charge on any atom is -0.306 e. The van der Waals surface area contributed by atoms with Crippen molar-refractivity contribution in [2.24, 2.45) is 0 Å². The Morgan fingerprint density at radius 2 is 1.63 bits per heavy atom. The third-order valence-corrected chi connectivity index (χ3v) is 6.84. The van der Waals surface area contributed by atoms with E-state index < -0.39 is 9.84 Å². The second-order valence-electron chi connectivity index (χ2n) is 7.50. The number of sulfone groups is 1. The van der Waals surface area contributed by atoms with E-state index >= 15 is 0 Å². The van der Waals surface area contributed by atoms with E-state index in [4.69, 9.17) is 0 Å². The van der Waals surface area contributed by atoms with Gasteiger partial charge in [-0.1, -0.05) is 18.2 Å². The topological polar surface area (TPSA) is 68.5 Å². The molecule has 0 fully saturated rings. The van der Waals surface area contributed by atoms with Crippen molar-refractivity contribution in [1.29, 1.82) is 0 Å². The Bertz CT molecular complexity index is 1320. The predicted octanol–water partition coefficient (Wildman–Crippen LogP) is 4.60. The first-order valence-electron chi connectivity index (χ1n) is 9.71. The van der Waals surface area contributed by atoms with Crippen LogP contribution in [0.2, 0.25) is 0 Å². The third-order valence-electron chi connectivity index (χ3n) is 5.09. The Balaban J connectivity index is 1.47. The molecule has 0 aliphatic rings. The number of hydrogen-bond acceptors (Lipinski definition) is 4. The largest absolute Gasteiger partial charge is 0.306 e. The fourth-order valence-electron chi connectivity index (χ4n) is 3.55. The van der Waals surface area contributed by atoms with E-state index in [0.717, 1.165) is 22.3 Å². The molecule has 2 aromatic carbocycles. The van der Waals surface area contributed by atoms with Gasteiger partial charge in [0.05, 0.1) is 9.79 Å². The van der Waals surface area contributed by atoms with Crippen molar-refractivity contribution in [2.75, 3.05) is 0 Å². The minimum atomic E-state index is -3.57. The highest BCUT2D eigenvalue weighted by Crippen LogP contribution is 2.23. The summed E-state index contributed by atoms with van der Waals surface area (Å²) in [6.07, 6.45) is 6.18. The van der Waals surface area contributed by atoms with Gasteiger partial charge in [-0.25, -0.2) is 13.4 Å². The predicted molar refractivity (Wildman–Crippen MR) is 116 cm³/mol. The number of ketones is 1. The lowest BCUT2D eigenvalue weighted by atomic mass is 10.0. The summed E-state index contributed by atoms with van der Waals surface area (Å²) < 4.78 is 27.7. The molecule has 0 aliphatic heterocycles. The maximum Gasteiger partial charge on any atom is 0.206 e. The van der Waals surface area contributed by atoms with Gasteiger partial charge >= 0.3 is 0 Å². The molecule has 2 aromatic heterocycles. The lowest BCUT2D eigenvalue weighted by molar-refractivity contribution is 0.0982. The first-order valence-corrected chi connectivity index (χ1v) is 11.2. The summed E-state index contributed by atoms with van der Waals surface area (Å²) in [6.45, 7) is 3.77. The monoisotopic (exact) mass is 418 g/mol. The molecule has 4 aromatic rings. The Hall–Kier alpha value is -3.25. The van der Waals surface area contributed by atoms with Crippen molar-refractivity contribution >= 4 is 21.3 Å². The number of nitrogens with zero attached hydrogens (tertiary/aromatic N) is 2. The van der Waals surface area contributed by atoms with Crippen LogP contribution in [0.25, 0.3) is 5.65 Å². The zero-order chi connectivity index (χ0) is 21.3. The zero-order valence-corrected chi connectivity index (χ0v) is 17.7. The van der Waals surface area contributed by atoms with Crippen LogP contribution in [-0.2, 0) is 16.3 Å². The van der Waals surface area contributed by atoms with Crippen molar-refractivity contribution < 1.29 is 13.2 Å². The molecule has 6 heteroatoms. The third kappa shape index (κ3) is 4.04. The van der Waals surface area contributed by atoms with Gasteiger partial charge < -0.3 is 4.40 Å². The summed E-state index contributed by atoms with van der Waals surface area (Å²) in [5.41, 5.74) is 4.18. The molecular weight excluding hydrogens is 396 g/mol. The van der Waals surface area contributed by atoms with Crippen molar-refractivity contribution in [1.82, 2.24) is 9.38 Å². The molecule has 30 heavy (non-hydrogen) atoms. The van der Waals surface area contributed by atoms with Gasteiger partial charge in [0, 0.05) is 30.6 Å². The molecular formula is C24H22N2O3S. The summed E-state index contributed by atoms with van der Waals surface area (Å²) in [4.78, 5) is 17.3. The number of benzene rings is 2. The maximum absolute atomic E-state index is 12.9. The molecule has 5 nitrogen and oxygen atoms in total. The number of aromatic nitrogens is 2. The van der Waals surface area contributed by atoms with Crippen molar-refractivity contribution in [3.05, 3.63) is 95.4 Å². The van der Waals surface area contributed by atoms with Crippen LogP contribution < -0.4 is 0 Å². The Labute approximate surface area is 175 Å². The lowest BCUT2D eigenvalue weighted by Gasteiger charge is -2.08. The molecule has 0 atom stereocenters. The van der Waals surface area contributed by atoms with Gasteiger partial charge in [0.2, 0.25) is 9.84 Å². The number of pyridine rings is 1. The molecule has 0 saturated heterocycles. The number of rotatable bonds is 6.